The summed E-state index contributed by atoms with van der Waals surface area (Å²) >= 11 is 5.51. The lowest BCUT2D eigenvalue weighted by Crippen LogP contribution is -2.47. The number of nitrogens with one attached hydrogen (secondary N) is 2. The number of amides is 1. The number of esters is 1. The van der Waals surface area contributed by atoms with Gasteiger partial charge in [0.1, 0.15) is 0 Å². The molecule has 3 rings (SSSR count). The van der Waals surface area contributed by atoms with Crippen molar-refractivity contribution < 1.29 is 14.3 Å². The maximum Gasteiger partial charge on any atom is 0.338 e. The number of hydrogen-bond acceptors (Lipinski definition) is 4. The Labute approximate surface area is 194 Å². The molecule has 6 nitrogen and oxygen atoms in total. The minimum Gasteiger partial charge on any atom is -0.463 e. The van der Waals surface area contributed by atoms with Crippen LogP contribution in [0.15, 0.2) is 59.8 Å². The number of aryl methyl sites for hydroxylation is 1. The predicted molar refractivity (Wildman–Crippen MR) is 130 cm³/mol. The van der Waals surface area contributed by atoms with Gasteiger partial charge in [-0.1, -0.05) is 31.2 Å². The molecular weight excluding hydrogens is 422 g/mol. The number of carbonyl (C=O) groups is 2. The molecule has 32 heavy (non-hydrogen) atoms. The minimum atomic E-state index is -0.421. The standard InChI is InChI=1S/C25H29N3O3S/c1-5-17-8-10-19(11-9-17)23(29)26-20-14-12-18(13-15-20)22-21(24(30)31-7-3)16(4)28(6-2)25(32)27-22/h8-15,22H,5-7H2,1-4H3,(H,26,29)(H,27,32). The van der Waals surface area contributed by atoms with Gasteiger partial charge in [-0.3, -0.25) is 4.79 Å². The summed E-state index contributed by atoms with van der Waals surface area (Å²) in [5.41, 5.74) is 4.64. The lowest BCUT2D eigenvalue weighted by molar-refractivity contribution is -0.139. The van der Waals surface area contributed by atoms with Gasteiger partial charge in [-0.05, 0) is 74.8 Å². The molecule has 0 radical (unpaired) electrons. The molecule has 0 spiro atoms. The van der Waals surface area contributed by atoms with Crippen molar-refractivity contribution in [3.05, 3.63) is 76.5 Å². The highest BCUT2D eigenvalue weighted by molar-refractivity contribution is 7.80. The first-order valence-electron chi connectivity index (χ1n) is 10.9. The molecule has 1 aliphatic heterocycles. The number of thiocarbonyl (C=S) groups is 1. The zero-order valence-electron chi connectivity index (χ0n) is 18.9. The summed E-state index contributed by atoms with van der Waals surface area (Å²) in [6.07, 6.45) is 0.930. The molecule has 1 amide bonds. The van der Waals surface area contributed by atoms with Crippen LogP contribution in [0.5, 0.6) is 0 Å². The highest BCUT2D eigenvalue weighted by Crippen LogP contribution is 2.32. The number of nitrogens with zero attached hydrogens (tertiary/aromatic N) is 1. The maximum absolute atomic E-state index is 12.7. The second kappa shape index (κ2) is 10.4. The van der Waals surface area contributed by atoms with E-state index in [1.54, 1.807) is 6.92 Å². The van der Waals surface area contributed by atoms with E-state index in [4.69, 9.17) is 17.0 Å². The number of ether oxygens (including phenoxy) is 1. The van der Waals surface area contributed by atoms with Gasteiger partial charge < -0.3 is 20.3 Å². The molecule has 1 heterocycles. The van der Waals surface area contributed by atoms with Gasteiger partial charge in [0.05, 0.1) is 18.2 Å². The normalized spacial score (nSPS) is 15.9. The first-order valence-corrected chi connectivity index (χ1v) is 11.3. The topological polar surface area (TPSA) is 70.7 Å². The van der Waals surface area contributed by atoms with Crippen molar-refractivity contribution in [1.82, 2.24) is 10.2 Å². The van der Waals surface area contributed by atoms with E-state index in [2.05, 4.69) is 17.6 Å². The van der Waals surface area contributed by atoms with Crippen LogP contribution < -0.4 is 10.6 Å². The highest BCUT2D eigenvalue weighted by Gasteiger charge is 2.34. The fraction of sp³-hybridized carbons (Fsp3) is 0.320. The van der Waals surface area contributed by atoms with Gasteiger partial charge in [-0.25, -0.2) is 4.79 Å². The van der Waals surface area contributed by atoms with Crippen LogP contribution in [-0.4, -0.2) is 35.0 Å². The second-order valence-corrected chi connectivity index (χ2v) is 7.86. The van der Waals surface area contributed by atoms with E-state index in [0.29, 0.717) is 35.1 Å². The van der Waals surface area contributed by atoms with Gasteiger partial charge in [0.25, 0.3) is 5.91 Å². The molecule has 168 valence electrons. The van der Waals surface area contributed by atoms with E-state index in [-0.39, 0.29) is 11.9 Å². The summed E-state index contributed by atoms with van der Waals surface area (Å²) < 4.78 is 5.31. The van der Waals surface area contributed by atoms with Crippen LogP contribution in [0, 0.1) is 0 Å². The smallest absolute Gasteiger partial charge is 0.338 e. The number of allylic oxidation sites excluding steroid dienone is 1. The lowest BCUT2D eigenvalue weighted by atomic mass is 9.95. The third-order valence-electron chi connectivity index (χ3n) is 5.53. The van der Waals surface area contributed by atoms with Crippen molar-refractivity contribution in [2.45, 2.75) is 40.2 Å². The van der Waals surface area contributed by atoms with Crippen LogP contribution in [0.1, 0.15) is 55.2 Å². The zero-order valence-corrected chi connectivity index (χ0v) is 19.7. The van der Waals surface area contributed by atoms with Crippen molar-refractivity contribution in [2.24, 2.45) is 0 Å². The van der Waals surface area contributed by atoms with Gasteiger partial charge in [-0.2, -0.15) is 0 Å². The van der Waals surface area contributed by atoms with Gasteiger partial charge in [0.15, 0.2) is 5.11 Å². The Morgan fingerprint density at radius 3 is 2.28 bits per heavy atom. The van der Waals surface area contributed by atoms with Gasteiger partial charge in [0, 0.05) is 23.5 Å². The molecule has 2 aromatic carbocycles. The maximum atomic E-state index is 12.7. The van der Waals surface area contributed by atoms with Crippen molar-refractivity contribution in [3.8, 4) is 0 Å². The lowest BCUT2D eigenvalue weighted by Gasteiger charge is -2.37. The minimum absolute atomic E-state index is 0.168. The summed E-state index contributed by atoms with van der Waals surface area (Å²) in [7, 11) is 0. The molecule has 1 aliphatic rings. The third kappa shape index (κ3) is 4.99. The first-order chi connectivity index (χ1) is 15.4. The second-order valence-electron chi connectivity index (χ2n) is 7.47. The van der Waals surface area contributed by atoms with E-state index in [1.807, 2.05) is 67.3 Å². The SMILES string of the molecule is CCOC(=O)C1=C(C)N(CC)C(=S)NC1c1ccc(NC(=O)c2ccc(CC)cc2)cc1. The van der Waals surface area contributed by atoms with Crippen molar-refractivity contribution >= 4 is 34.9 Å². The van der Waals surface area contributed by atoms with Crippen molar-refractivity contribution in [3.63, 3.8) is 0 Å². The van der Waals surface area contributed by atoms with E-state index in [0.717, 1.165) is 17.7 Å². The fourth-order valence-electron chi connectivity index (χ4n) is 3.74. The fourth-order valence-corrected chi connectivity index (χ4v) is 4.12. The number of anilines is 1. The quantitative estimate of drug-likeness (QED) is 0.474. The Kier molecular flexibility index (Phi) is 7.64. The van der Waals surface area contributed by atoms with Crippen LogP contribution >= 0.6 is 12.2 Å². The van der Waals surface area contributed by atoms with Crippen molar-refractivity contribution in [2.75, 3.05) is 18.5 Å². The summed E-state index contributed by atoms with van der Waals surface area (Å²) in [5.74, 6) is -0.532. The van der Waals surface area contributed by atoms with E-state index >= 15 is 0 Å². The Bertz CT molecular complexity index is 1030. The molecule has 1 unspecified atom stereocenters. The highest BCUT2D eigenvalue weighted by atomic mass is 32.1. The van der Waals surface area contributed by atoms with Crippen LogP contribution in [0.2, 0.25) is 0 Å². The number of carbonyl (C=O) groups excluding carboxylic acids is 2. The molecule has 2 aromatic rings. The predicted octanol–water partition coefficient (Wildman–Crippen LogP) is 4.59. The molecule has 2 N–H and O–H groups in total. The van der Waals surface area contributed by atoms with Crippen LogP contribution in [0.4, 0.5) is 5.69 Å². The van der Waals surface area contributed by atoms with Crippen LogP contribution in [0.25, 0.3) is 0 Å². The van der Waals surface area contributed by atoms with Crippen molar-refractivity contribution in [1.29, 1.82) is 0 Å². The molecule has 0 aromatic heterocycles. The van der Waals surface area contributed by atoms with Gasteiger partial charge in [-0.15, -0.1) is 0 Å². The molecule has 0 saturated carbocycles. The molecule has 1 atom stereocenters. The molecule has 7 heteroatoms. The summed E-state index contributed by atoms with van der Waals surface area (Å²) in [4.78, 5) is 27.2. The number of rotatable bonds is 7. The molecule has 0 fully saturated rings. The Morgan fingerprint density at radius 1 is 1.06 bits per heavy atom. The third-order valence-corrected chi connectivity index (χ3v) is 5.87. The molecule has 0 aliphatic carbocycles. The van der Waals surface area contributed by atoms with Crippen LogP contribution in [0.3, 0.4) is 0 Å². The number of hydrogen-bond donors (Lipinski definition) is 2. The van der Waals surface area contributed by atoms with Crippen LogP contribution in [-0.2, 0) is 16.0 Å². The Morgan fingerprint density at radius 2 is 1.72 bits per heavy atom. The number of benzene rings is 2. The molecule has 0 bridgehead atoms. The summed E-state index contributed by atoms with van der Waals surface area (Å²) in [6.45, 7) is 8.67. The molecular formula is C25H29N3O3S. The zero-order chi connectivity index (χ0) is 23.3. The summed E-state index contributed by atoms with van der Waals surface area (Å²) in [5, 5.41) is 6.74. The van der Waals surface area contributed by atoms with E-state index in [1.165, 1.54) is 5.56 Å². The first kappa shape index (κ1) is 23.5. The average molecular weight is 452 g/mol. The monoisotopic (exact) mass is 451 g/mol. The Balaban J connectivity index is 1.82. The summed E-state index contributed by atoms with van der Waals surface area (Å²) in [6, 6.07) is 14.6. The Hall–Kier alpha value is -3.19. The molecule has 0 saturated heterocycles. The largest absolute Gasteiger partial charge is 0.463 e. The van der Waals surface area contributed by atoms with E-state index in [9.17, 15) is 9.59 Å². The van der Waals surface area contributed by atoms with Gasteiger partial charge >= 0.3 is 5.97 Å². The average Bonchev–Trinajstić information content (AvgIpc) is 2.79. The van der Waals surface area contributed by atoms with Gasteiger partial charge in [0.2, 0.25) is 0 Å². The van der Waals surface area contributed by atoms with E-state index < -0.39 is 6.04 Å².